The highest BCUT2D eigenvalue weighted by Crippen LogP contribution is 2.32. The van der Waals surface area contributed by atoms with E-state index < -0.39 is 46.2 Å². The Morgan fingerprint density at radius 3 is 2.63 bits per heavy atom. The molecule has 3 aromatic rings. The Morgan fingerprint density at radius 1 is 1.21 bits per heavy atom. The first-order valence-corrected chi connectivity index (χ1v) is 13.7. The smallest absolute Gasteiger partial charge is 0.354 e. The molecule has 38 heavy (non-hydrogen) atoms. The van der Waals surface area contributed by atoms with Crippen LogP contribution in [0.15, 0.2) is 59.8 Å². The Kier molecular flexibility index (Phi) is 8.17. The van der Waals surface area contributed by atoms with E-state index in [-0.39, 0.29) is 29.6 Å². The second-order valence-corrected chi connectivity index (χ2v) is 11.2. The molecule has 1 radical (unpaired) electrons. The Hall–Kier alpha value is -3.70. The molecule has 1 aliphatic rings. The Morgan fingerprint density at radius 2 is 1.95 bits per heavy atom. The molecule has 10 nitrogen and oxygen atoms in total. The van der Waals surface area contributed by atoms with Crippen LogP contribution in [0, 0.1) is 12.8 Å². The fourth-order valence-electron chi connectivity index (χ4n) is 4.64. The van der Waals surface area contributed by atoms with Gasteiger partial charge in [-0.2, -0.15) is 4.31 Å². The molecule has 0 spiro atoms. The number of carboxylic acids is 1. The maximum Gasteiger partial charge on any atom is 0.354 e. The summed E-state index contributed by atoms with van der Waals surface area (Å²) in [5, 5.41) is 13.5. The number of Topliss-reactive ketones (excluding diaryl/α,β-unsaturated/α-hetero) is 1. The number of aromatic nitrogens is 2. The highest BCUT2D eigenvalue weighted by Gasteiger charge is 2.36. The number of fused-ring (bicyclic) bond motifs is 1. The van der Waals surface area contributed by atoms with E-state index in [0.29, 0.717) is 29.3 Å². The third-order valence-electron chi connectivity index (χ3n) is 6.77. The largest absolute Gasteiger partial charge is 0.477 e. The molecule has 3 unspecified atom stereocenters. The average molecular weight is 538 g/mol. The number of sulfonamides is 1. The molecule has 1 aromatic carbocycles. The van der Waals surface area contributed by atoms with Gasteiger partial charge in [0.15, 0.2) is 10.8 Å². The number of aromatic carboxylic acids is 1. The molecule has 2 aromatic heterocycles. The van der Waals surface area contributed by atoms with Gasteiger partial charge in [0.2, 0.25) is 5.91 Å². The molecular formula is C27H29N4O6S. The van der Waals surface area contributed by atoms with E-state index in [1.807, 2.05) is 6.92 Å². The third kappa shape index (κ3) is 5.58. The van der Waals surface area contributed by atoms with Crippen molar-refractivity contribution < 1.29 is 27.9 Å². The lowest BCUT2D eigenvalue weighted by molar-refractivity contribution is -0.129. The number of benzene rings is 1. The highest BCUT2D eigenvalue weighted by atomic mass is 32.2. The number of hydrogen-bond acceptors (Lipinski definition) is 7. The van der Waals surface area contributed by atoms with Crippen LogP contribution >= 0.6 is 0 Å². The van der Waals surface area contributed by atoms with Crippen LogP contribution in [0.4, 0.5) is 0 Å². The van der Waals surface area contributed by atoms with Crippen LogP contribution in [0.5, 0.6) is 0 Å². The van der Waals surface area contributed by atoms with Gasteiger partial charge < -0.3 is 10.4 Å². The maximum atomic E-state index is 13.7. The fourth-order valence-corrected chi connectivity index (χ4v) is 6.01. The van der Waals surface area contributed by atoms with Gasteiger partial charge in [0.1, 0.15) is 5.69 Å². The Labute approximate surface area is 221 Å². The number of pyridine rings is 2. The van der Waals surface area contributed by atoms with Crippen LogP contribution in [0.1, 0.15) is 48.3 Å². The maximum absolute atomic E-state index is 13.7. The fraction of sp³-hybridized carbons (Fsp3) is 0.333. The lowest BCUT2D eigenvalue weighted by Crippen LogP contribution is -2.46. The number of nitrogens with one attached hydrogen (secondary N) is 1. The van der Waals surface area contributed by atoms with Crippen LogP contribution in [0.25, 0.3) is 10.8 Å². The average Bonchev–Trinajstić information content (AvgIpc) is 3.10. The number of carboxylic acid groups (broad SMARTS) is 1. The predicted molar refractivity (Wildman–Crippen MR) is 140 cm³/mol. The van der Waals surface area contributed by atoms with Crippen molar-refractivity contribution in [3.05, 3.63) is 73.0 Å². The van der Waals surface area contributed by atoms with E-state index in [2.05, 4.69) is 22.2 Å². The van der Waals surface area contributed by atoms with Gasteiger partial charge in [-0.3, -0.25) is 9.59 Å². The highest BCUT2D eigenvalue weighted by molar-refractivity contribution is 7.89. The standard InChI is InChI=1S/C27H29N4O6S/c1-3-17(2)24(25-19-10-5-4-9-18(19)15-21(29-25)27(34)35)26(33)30-20-11-8-14-31(16-22(20)32)38(36,37)23-12-6-7-13-28-23/h4-7,9-10,12-13,15,17,20,24H,1,3,8,11,14,16H2,2H3,(H,30,33)(H,34,35). The minimum Gasteiger partial charge on any atom is -0.477 e. The van der Waals surface area contributed by atoms with Crippen LogP contribution in [-0.2, 0) is 19.6 Å². The van der Waals surface area contributed by atoms with Gasteiger partial charge in [-0.15, -0.1) is 0 Å². The molecule has 0 saturated carbocycles. The van der Waals surface area contributed by atoms with E-state index >= 15 is 0 Å². The summed E-state index contributed by atoms with van der Waals surface area (Å²) in [6.07, 6.45) is 2.35. The van der Waals surface area contributed by atoms with E-state index in [0.717, 1.165) is 4.31 Å². The summed E-state index contributed by atoms with van der Waals surface area (Å²) >= 11 is 0. The van der Waals surface area contributed by atoms with Crippen molar-refractivity contribution in [2.45, 2.75) is 43.2 Å². The van der Waals surface area contributed by atoms with Crippen molar-refractivity contribution in [3.63, 3.8) is 0 Å². The molecule has 199 valence electrons. The minimum absolute atomic E-state index is 0.114. The Balaban J connectivity index is 1.62. The topological polar surface area (TPSA) is 147 Å². The second kappa shape index (κ2) is 11.4. The zero-order valence-corrected chi connectivity index (χ0v) is 21.7. The first kappa shape index (κ1) is 27.3. The van der Waals surface area contributed by atoms with Crippen molar-refractivity contribution in [2.24, 2.45) is 5.92 Å². The lowest BCUT2D eigenvalue weighted by atomic mass is 9.85. The molecule has 1 aliphatic heterocycles. The second-order valence-electron chi connectivity index (χ2n) is 9.34. The predicted octanol–water partition coefficient (Wildman–Crippen LogP) is 2.81. The SMILES string of the molecule is [CH2]CC(C)C(C(=O)NC1CCCN(S(=O)(=O)c2ccccn2)CC1=O)c1nc(C(=O)O)cc2ccccc12. The molecule has 1 fully saturated rings. The van der Waals surface area contributed by atoms with E-state index in [1.54, 1.807) is 36.4 Å². The normalized spacial score (nSPS) is 18.5. The molecule has 3 atom stereocenters. The summed E-state index contributed by atoms with van der Waals surface area (Å²) in [6, 6.07) is 12.2. The molecule has 0 aliphatic carbocycles. The van der Waals surface area contributed by atoms with Crippen LogP contribution in [0.2, 0.25) is 0 Å². The number of rotatable bonds is 8. The van der Waals surface area contributed by atoms with E-state index in [9.17, 15) is 27.9 Å². The van der Waals surface area contributed by atoms with Gasteiger partial charge in [-0.05, 0) is 48.8 Å². The number of ketones is 1. The molecule has 1 saturated heterocycles. The van der Waals surface area contributed by atoms with Crippen LogP contribution in [0.3, 0.4) is 0 Å². The molecule has 11 heteroatoms. The molecule has 1 amide bonds. The van der Waals surface area contributed by atoms with Crippen LogP contribution in [-0.4, -0.2) is 64.6 Å². The first-order chi connectivity index (χ1) is 18.1. The Bertz CT molecular complexity index is 1460. The van der Waals surface area contributed by atoms with Gasteiger partial charge in [0.05, 0.1) is 24.2 Å². The monoisotopic (exact) mass is 537 g/mol. The molecular weight excluding hydrogens is 508 g/mol. The zero-order valence-electron chi connectivity index (χ0n) is 20.9. The number of hydrogen-bond donors (Lipinski definition) is 2. The van der Waals surface area contributed by atoms with E-state index in [1.165, 1.54) is 18.3 Å². The minimum atomic E-state index is -3.97. The summed E-state index contributed by atoms with van der Waals surface area (Å²) in [5.74, 6) is -3.33. The van der Waals surface area contributed by atoms with Gasteiger partial charge in [0, 0.05) is 18.1 Å². The van der Waals surface area contributed by atoms with Gasteiger partial charge in [0.25, 0.3) is 10.0 Å². The molecule has 0 bridgehead atoms. The third-order valence-corrected chi connectivity index (χ3v) is 8.53. The summed E-state index contributed by atoms with van der Waals surface area (Å²) in [6.45, 7) is 5.46. The van der Waals surface area contributed by atoms with Crippen molar-refractivity contribution >= 4 is 38.5 Å². The van der Waals surface area contributed by atoms with Crippen LogP contribution < -0.4 is 5.32 Å². The summed E-state index contributed by atoms with van der Waals surface area (Å²) in [5.41, 5.74) is 0.114. The van der Waals surface area contributed by atoms with Crippen molar-refractivity contribution in [1.82, 2.24) is 19.6 Å². The first-order valence-electron chi connectivity index (χ1n) is 12.3. The summed E-state index contributed by atoms with van der Waals surface area (Å²) in [7, 11) is -3.97. The summed E-state index contributed by atoms with van der Waals surface area (Å²) in [4.78, 5) is 46.8. The lowest BCUT2D eigenvalue weighted by Gasteiger charge is -2.26. The van der Waals surface area contributed by atoms with Crippen molar-refractivity contribution in [1.29, 1.82) is 0 Å². The van der Waals surface area contributed by atoms with Gasteiger partial charge in [-0.25, -0.2) is 23.2 Å². The zero-order chi connectivity index (χ0) is 27.4. The number of amides is 1. The molecule has 3 heterocycles. The van der Waals surface area contributed by atoms with E-state index in [4.69, 9.17) is 0 Å². The van der Waals surface area contributed by atoms with Crippen molar-refractivity contribution in [2.75, 3.05) is 13.1 Å². The quantitative estimate of drug-likeness (QED) is 0.446. The number of nitrogens with zero attached hydrogens (tertiary/aromatic N) is 3. The van der Waals surface area contributed by atoms with Gasteiger partial charge >= 0.3 is 5.97 Å². The van der Waals surface area contributed by atoms with Gasteiger partial charge in [-0.1, -0.05) is 44.2 Å². The number of carbonyl (C=O) groups excluding carboxylic acids is 2. The molecule has 4 rings (SSSR count). The summed E-state index contributed by atoms with van der Waals surface area (Å²) < 4.78 is 27.1. The van der Waals surface area contributed by atoms with Crippen molar-refractivity contribution in [3.8, 4) is 0 Å². The number of carbonyl (C=O) groups is 3. The molecule has 2 N–H and O–H groups in total.